The number of carbonyl (C=O) groups excluding carboxylic acids is 4. The maximum Gasteiger partial charge on any atom is 0.262 e. The standard InChI is InChI=1S/C20H17N3O4/c1-2-11-21-18(25)15-9-5-6-10-16(15)22-17(24)12-23-19(26)13-7-3-4-8-14(13)20(23)27/h2-10H,1,11-12H2,(H,21,25)(H,22,24). The van der Waals surface area contributed by atoms with Crippen LogP contribution < -0.4 is 10.6 Å². The van der Waals surface area contributed by atoms with Crippen LogP contribution in [0.5, 0.6) is 0 Å². The van der Waals surface area contributed by atoms with E-state index in [1.54, 1.807) is 54.6 Å². The molecule has 1 aliphatic heterocycles. The molecule has 0 fully saturated rings. The van der Waals surface area contributed by atoms with E-state index in [2.05, 4.69) is 17.2 Å². The quantitative estimate of drug-likeness (QED) is 0.605. The first-order valence-electron chi connectivity index (χ1n) is 8.26. The number of nitrogens with one attached hydrogen (secondary N) is 2. The zero-order chi connectivity index (χ0) is 19.4. The van der Waals surface area contributed by atoms with Crippen molar-refractivity contribution < 1.29 is 19.2 Å². The molecule has 7 heteroatoms. The highest BCUT2D eigenvalue weighted by atomic mass is 16.2. The summed E-state index contributed by atoms with van der Waals surface area (Å²) in [7, 11) is 0. The average molecular weight is 363 g/mol. The van der Waals surface area contributed by atoms with Gasteiger partial charge in [0.05, 0.1) is 22.4 Å². The lowest BCUT2D eigenvalue weighted by molar-refractivity contribution is -0.116. The number of amides is 4. The van der Waals surface area contributed by atoms with Crippen molar-refractivity contribution in [2.75, 3.05) is 18.4 Å². The van der Waals surface area contributed by atoms with Crippen LogP contribution in [-0.2, 0) is 4.79 Å². The first-order chi connectivity index (χ1) is 13.0. The van der Waals surface area contributed by atoms with Crippen molar-refractivity contribution in [2.24, 2.45) is 0 Å². The van der Waals surface area contributed by atoms with Crippen LogP contribution in [-0.4, -0.2) is 41.6 Å². The summed E-state index contributed by atoms with van der Waals surface area (Å²) in [6.07, 6.45) is 1.54. The van der Waals surface area contributed by atoms with E-state index < -0.39 is 24.3 Å². The van der Waals surface area contributed by atoms with Crippen LogP contribution in [0.3, 0.4) is 0 Å². The Hall–Kier alpha value is -3.74. The number of fused-ring (bicyclic) bond motifs is 1. The average Bonchev–Trinajstić information content (AvgIpc) is 2.91. The van der Waals surface area contributed by atoms with Crippen molar-refractivity contribution in [1.82, 2.24) is 10.2 Å². The van der Waals surface area contributed by atoms with Gasteiger partial charge in [-0.05, 0) is 24.3 Å². The molecule has 7 nitrogen and oxygen atoms in total. The van der Waals surface area contributed by atoms with Gasteiger partial charge in [-0.25, -0.2) is 0 Å². The van der Waals surface area contributed by atoms with Crippen LogP contribution in [0.25, 0.3) is 0 Å². The SMILES string of the molecule is C=CCNC(=O)c1ccccc1NC(=O)CN1C(=O)c2ccccc2C1=O. The van der Waals surface area contributed by atoms with Crippen molar-refractivity contribution in [3.8, 4) is 0 Å². The molecule has 0 atom stereocenters. The Kier molecular flexibility index (Phi) is 5.12. The fraction of sp³-hybridized carbons (Fsp3) is 0.100. The summed E-state index contributed by atoms with van der Waals surface area (Å²) in [4.78, 5) is 50.1. The summed E-state index contributed by atoms with van der Waals surface area (Å²) in [5, 5.41) is 5.23. The molecule has 0 unspecified atom stereocenters. The second kappa shape index (κ2) is 7.65. The number of imide groups is 1. The number of hydrogen-bond donors (Lipinski definition) is 2. The van der Waals surface area contributed by atoms with E-state index in [9.17, 15) is 19.2 Å². The predicted molar refractivity (Wildman–Crippen MR) is 99.4 cm³/mol. The normalized spacial score (nSPS) is 12.5. The Morgan fingerprint density at radius 1 is 0.963 bits per heavy atom. The number of rotatable bonds is 6. The minimum absolute atomic E-state index is 0.273. The second-order valence-corrected chi connectivity index (χ2v) is 5.83. The third kappa shape index (κ3) is 3.62. The zero-order valence-corrected chi connectivity index (χ0v) is 14.4. The van der Waals surface area contributed by atoms with E-state index in [1.165, 1.54) is 0 Å². The molecule has 0 saturated heterocycles. The highest BCUT2D eigenvalue weighted by Crippen LogP contribution is 2.22. The highest BCUT2D eigenvalue weighted by Gasteiger charge is 2.36. The van der Waals surface area contributed by atoms with E-state index in [1.807, 2.05) is 0 Å². The molecule has 2 aromatic carbocycles. The molecule has 3 rings (SSSR count). The van der Waals surface area contributed by atoms with Crippen molar-refractivity contribution >= 4 is 29.3 Å². The van der Waals surface area contributed by atoms with Crippen molar-refractivity contribution in [2.45, 2.75) is 0 Å². The first kappa shape index (κ1) is 18.1. The minimum atomic E-state index is -0.575. The summed E-state index contributed by atoms with van der Waals surface area (Å²) in [6.45, 7) is 3.38. The van der Waals surface area contributed by atoms with Gasteiger partial charge in [-0.2, -0.15) is 0 Å². The molecular formula is C20H17N3O4. The summed E-state index contributed by atoms with van der Waals surface area (Å²) in [5.41, 5.74) is 1.12. The molecule has 0 saturated carbocycles. The van der Waals surface area contributed by atoms with Gasteiger partial charge in [0.2, 0.25) is 5.91 Å². The van der Waals surface area contributed by atoms with Crippen LogP contribution in [0, 0.1) is 0 Å². The fourth-order valence-electron chi connectivity index (χ4n) is 2.77. The van der Waals surface area contributed by atoms with Crippen molar-refractivity contribution in [3.63, 3.8) is 0 Å². The molecule has 1 aliphatic rings. The van der Waals surface area contributed by atoms with E-state index >= 15 is 0 Å². The molecule has 1 heterocycles. The number of para-hydroxylation sites is 1. The fourth-order valence-corrected chi connectivity index (χ4v) is 2.77. The van der Waals surface area contributed by atoms with E-state index in [0.29, 0.717) is 5.69 Å². The maximum absolute atomic E-state index is 12.4. The van der Waals surface area contributed by atoms with Gasteiger partial charge in [0.25, 0.3) is 17.7 Å². The van der Waals surface area contributed by atoms with Gasteiger partial charge >= 0.3 is 0 Å². The Bertz CT molecular complexity index is 917. The number of anilines is 1. The minimum Gasteiger partial charge on any atom is -0.349 e. The lowest BCUT2D eigenvalue weighted by Crippen LogP contribution is -2.37. The Labute approximate surface area is 155 Å². The van der Waals surface area contributed by atoms with Crippen LogP contribution in [0.2, 0.25) is 0 Å². The predicted octanol–water partition coefficient (Wildman–Crippen LogP) is 1.84. The molecule has 4 amide bonds. The van der Waals surface area contributed by atoms with Gasteiger partial charge < -0.3 is 10.6 Å². The first-order valence-corrected chi connectivity index (χ1v) is 8.26. The Balaban J connectivity index is 1.73. The molecule has 0 spiro atoms. The molecule has 2 aromatic rings. The number of carbonyl (C=O) groups is 4. The lowest BCUT2D eigenvalue weighted by Gasteiger charge is -2.15. The molecule has 0 radical (unpaired) electrons. The largest absolute Gasteiger partial charge is 0.349 e. The Morgan fingerprint density at radius 3 is 2.19 bits per heavy atom. The highest BCUT2D eigenvalue weighted by molar-refractivity contribution is 6.22. The third-order valence-electron chi connectivity index (χ3n) is 4.03. The summed E-state index contributed by atoms with van der Waals surface area (Å²) >= 11 is 0. The third-order valence-corrected chi connectivity index (χ3v) is 4.03. The van der Waals surface area contributed by atoms with Gasteiger partial charge in [0, 0.05) is 6.54 Å². The Morgan fingerprint density at radius 2 is 1.56 bits per heavy atom. The van der Waals surface area contributed by atoms with Crippen LogP contribution in [0.4, 0.5) is 5.69 Å². The molecule has 0 aromatic heterocycles. The molecule has 0 aliphatic carbocycles. The van der Waals surface area contributed by atoms with Gasteiger partial charge in [-0.3, -0.25) is 24.1 Å². The molecule has 27 heavy (non-hydrogen) atoms. The van der Waals surface area contributed by atoms with Crippen molar-refractivity contribution in [1.29, 1.82) is 0 Å². The van der Waals surface area contributed by atoms with Crippen LogP contribution in [0.15, 0.2) is 61.2 Å². The van der Waals surface area contributed by atoms with Gasteiger partial charge in [-0.15, -0.1) is 6.58 Å². The molecule has 0 bridgehead atoms. The summed E-state index contributed by atoms with van der Waals surface area (Å²) < 4.78 is 0. The summed E-state index contributed by atoms with van der Waals surface area (Å²) in [6, 6.07) is 12.9. The number of hydrogen-bond acceptors (Lipinski definition) is 4. The topological polar surface area (TPSA) is 95.6 Å². The van der Waals surface area contributed by atoms with Gasteiger partial charge in [-0.1, -0.05) is 30.3 Å². The monoisotopic (exact) mass is 363 g/mol. The number of nitrogens with zero attached hydrogens (tertiary/aromatic N) is 1. The van der Waals surface area contributed by atoms with Gasteiger partial charge in [0.15, 0.2) is 0 Å². The smallest absolute Gasteiger partial charge is 0.262 e. The van der Waals surface area contributed by atoms with Crippen LogP contribution >= 0.6 is 0 Å². The van der Waals surface area contributed by atoms with Crippen molar-refractivity contribution in [3.05, 3.63) is 77.9 Å². The lowest BCUT2D eigenvalue weighted by atomic mass is 10.1. The molecule has 136 valence electrons. The van der Waals surface area contributed by atoms with E-state index in [0.717, 1.165) is 4.90 Å². The maximum atomic E-state index is 12.4. The summed E-state index contributed by atoms with van der Waals surface area (Å²) in [5.74, 6) is -1.97. The van der Waals surface area contributed by atoms with E-state index in [-0.39, 0.29) is 29.1 Å². The number of benzene rings is 2. The molecule has 2 N–H and O–H groups in total. The zero-order valence-electron chi connectivity index (χ0n) is 14.4. The second-order valence-electron chi connectivity index (χ2n) is 5.83. The van der Waals surface area contributed by atoms with Crippen LogP contribution in [0.1, 0.15) is 31.1 Å². The van der Waals surface area contributed by atoms with E-state index in [4.69, 9.17) is 0 Å². The van der Waals surface area contributed by atoms with Gasteiger partial charge in [0.1, 0.15) is 6.54 Å². The molecular weight excluding hydrogens is 346 g/mol.